The van der Waals surface area contributed by atoms with Crippen molar-refractivity contribution in [2.24, 2.45) is 0 Å². The molecule has 1 rings (SSSR count). The van der Waals surface area contributed by atoms with Gasteiger partial charge in [0, 0.05) is 0 Å². The second-order valence-corrected chi connectivity index (χ2v) is 1.42. The van der Waals surface area contributed by atoms with Gasteiger partial charge in [-0.1, -0.05) is 12.2 Å². The highest BCUT2D eigenvalue weighted by atomic mass is 17.2. The summed E-state index contributed by atoms with van der Waals surface area (Å²) in [5.41, 5.74) is 0. The summed E-state index contributed by atoms with van der Waals surface area (Å²) in [5, 5.41) is 0. The monoisotopic (exact) mass is 114 g/mol. The quantitative estimate of drug-likeness (QED) is 0.338. The summed E-state index contributed by atoms with van der Waals surface area (Å²) in [6, 6.07) is 0. The van der Waals surface area contributed by atoms with Crippen molar-refractivity contribution < 1.29 is 14.6 Å². The minimum absolute atomic E-state index is 0.319. The Labute approximate surface area is 46.8 Å². The van der Waals surface area contributed by atoms with Crippen LogP contribution in [0.25, 0.3) is 0 Å². The first-order valence-electron chi connectivity index (χ1n) is 2.37. The Hall–Kier alpha value is -0.830. The molecule has 0 aromatic carbocycles. The van der Waals surface area contributed by atoms with Crippen molar-refractivity contribution in [2.45, 2.75) is 6.42 Å². The third-order valence-electron chi connectivity index (χ3n) is 0.767. The fourth-order valence-electron chi connectivity index (χ4n) is 0.421. The average Bonchev–Trinajstić information content (AvgIpc) is 1.94. The molecule has 0 aliphatic carbocycles. The molecular weight excluding hydrogens is 108 g/mol. The normalized spacial score (nSPS) is 19.8. The first-order chi connectivity index (χ1) is 3.89. The molecule has 0 unspecified atom stereocenters. The molecule has 0 fully saturated rings. The van der Waals surface area contributed by atoms with Gasteiger partial charge in [0.25, 0.3) is 0 Å². The van der Waals surface area contributed by atoms with Gasteiger partial charge in [0.2, 0.25) is 0 Å². The van der Waals surface area contributed by atoms with E-state index >= 15 is 0 Å². The molecule has 0 N–H and O–H groups in total. The number of carbonyl (C=O) groups is 1. The van der Waals surface area contributed by atoms with E-state index in [0.29, 0.717) is 13.0 Å². The molecule has 0 aromatic heterocycles. The van der Waals surface area contributed by atoms with Gasteiger partial charge in [-0.05, 0) is 0 Å². The van der Waals surface area contributed by atoms with Crippen LogP contribution in [0.4, 0.5) is 0 Å². The van der Waals surface area contributed by atoms with E-state index in [9.17, 15) is 4.79 Å². The maximum atomic E-state index is 10.3. The largest absolute Gasteiger partial charge is 0.346 e. The smallest absolute Gasteiger partial charge is 0.298 e. The zero-order valence-electron chi connectivity index (χ0n) is 4.29. The van der Waals surface area contributed by atoms with Gasteiger partial charge < -0.3 is 0 Å². The Bertz CT molecular complexity index is 117. The zero-order valence-corrected chi connectivity index (χ0v) is 4.29. The molecule has 1 heterocycles. The molecule has 0 aromatic rings. The standard InChI is InChI=1S/C5H6O3/c6-5-3-1-2-4-7-8-5/h1-2H,3-4H2. The van der Waals surface area contributed by atoms with Crippen LogP contribution in [0, 0.1) is 0 Å². The first-order valence-corrected chi connectivity index (χ1v) is 2.37. The number of rotatable bonds is 0. The van der Waals surface area contributed by atoms with Crippen LogP contribution in [-0.2, 0) is 14.6 Å². The van der Waals surface area contributed by atoms with Crippen LogP contribution in [0.2, 0.25) is 0 Å². The van der Waals surface area contributed by atoms with E-state index in [-0.39, 0.29) is 5.97 Å². The Morgan fingerprint density at radius 2 is 2.38 bits per heavy atom. The minimum atomic E-state index is -0.334. The van der Waals surface area contributed by atoms with Crippen molar-refractivity contribution in [3.8, 4) is 0 Å². The van der Waals surface area contributed by atoms with Crippen LogP contribution in [-0.4, -0.2) is 12.6 Å². The lowest BCUT2D eigenvalue weighted by atomic mass is 10.4. The van der Waals surface area contributed by atoms with Gasteiger partial charge in [-0.3, -0.25) is 4.89 Å². The van der Waals surface area contributed by atoms with Gasteiger partial charge in [0.05, 0.1) is 6.42 Å². The summed E-state index contributed by atoms with van der Waals surface area (Å²) >= 11 is 0. The van der Waals surface area contributed by atoms with Crippen LogP contribution in [0.1, 0.15) is 6.42 Å². The molecule has 1 aliphatic rings. The van der Waals surface area contributed by atoms with Crippen molar-refractivity contribution in [3.63, 3.8) is 0 Å². The molecule has 0 saturated carbocycles. The maximum Gasteiger partial charge on any atom is 0.346 e. The molecule has 0 radical (unpaired) electrons. The number of hydrogen-bond donors (Lipinski definition) is 0. The minimum Gasteiger partial charge on any atom is -0.298 e. The van der Waals surface area contributed by atoms with Gasteiger partial charge in [0.15, 0.2) is 0 Å². The highest BCUT2D eigenvalue weighted by Gasteiger charge is 2.01. The number of carbonyl (C=O) groups excluding carboxylic acids is 1. The summed E-state index contributed by atoms with van der Waals surface area (Å²) in [5.74, 6) is -0.334. The fourth-order valence-corrected chi connectivity index (χ4v) is 0.421. The Kier molecular flexibility index (Phi) is 1.64. The number of hydrogen-bond acceptors (Lipinski definition) is 3. The highest BCUT2D eigenvalue weighted by molar-refractivity contribution is 5.70. The lowest BCUT2D eigenvalue weighted by Gasteiger charge is -1.92. The van der Waals surface area contributed by atoms with Crippen LogP contribution < -0.4 is 0 Å². The first kappa shape index (κ1) is 5.31. The molecule has 0 spiro atoms. The third kappa shape index (κ3) is 1.35. The van der Waals surface area contributed by atoms with Gasteiger partial charge >= 0.3 is 5.97 Å². The summed E-state index contributed by atoms with van der Waals surface area (Å²) in [6.45, 7) is 0.367. The second kappa shape index (κ2) is 2.47. The van der Waals surface area contributed by atoms with E-state index in [1.54, 1.807) is 12.2 Å². The Morgan fingerprint density at radius 1 is 1.50 bits per heavy atom. The molecule has 0 amide bonds. The molecular formula is C5H6O3. The predicted molar refractivity (Wildman–Crippen MR) is 25.8 cm³/mol. The lowest BCUT2D eigenvalue weighted by Crippen LogP contribution is -2.00. The lowest BCUT2D eigenvalue weighted by molar-refractivity contribution is -0.263. The molecule has 3 nitrogen and oxygen atoms in total. The van der Waals surface area contributed by atoms with Crippen LogP contribution in [0.5, 0.6) is 0 Å². The van der Waals surface area contributed by atoms with Crippen molar-refractivity contribution in [2.75, 3.05) is 6.61 Å². The summed E-state index contributed by atoms with van der Waals surface area (Å²) in [6.07, 6.45) is 3.78. The molecule has 44 valence electrons. The van der Waals surface area contributed by atoms with Gasteiger partial charge in [-0.25, -0.2) is 4.79 Å². The molecule has 0 bridgehead atoms. The van der Waals surface area contributed by atoms with Crippen molar-refractivity contribution in [3.05, 3.63) is 12.2 Å². The fraction of sp³-hybridized carbons (Fsp3) is 0.400. The maximum absolute atomic E-state index is 10.3. The Balaban J connectivity index is 2.41. The van der Waals surface area contributed by atoms with Gasteiger partial charge in [-0.15, -0.1) is 0 Å². The zero-order chi connectivity index (χ0) is 5.82. The van der Waals surface area contributed by atoms with Crippen molar-refractivity contribution >= 4 is 5.97 Å². The predicted octanol–water partition coefficient (Wildman–Crippen LogP) is 0.421. The highest BCUT2D eigenvalue weighted by Crippen LogP contribution is 1.94. The van der Waals surface area contributed by atoms with Crippen molar-refractivity contribution in [1.29, 1.82) is 0 Å². The van der Waals surface area contributed by atoms with E-state index in [0.717, 1.165) is 0 Å². The van der Waals surface area contributed by atoms with Crippen LogP contribution >= 0.6 is 0 Å². The molecule has 3 heteroatoms. The summed E-state index contributed by atoms with van der Waals surface area (Å²) in [7, 11) is 0. The molecule has 0 saturated heterocycles. The molecule has 0 atom stereocenters. The van der Waals surface area contributed by atoms with Crippen LogP contribution in [0.3, 0.4) is 0 Å². The van der Waals surface area contributed by atoms with E-state index in [2.05, 4.69) is 9.78 Å². The van der Waals surface area contributed by atoms with E-state index in [1.807, 2.05) is 0 Å². The summed E-state index contributed by atoms with van der Waals surface area (Å²) in [4.78, 5) is 18.9. The molecule has 1 aliphatic heterocycles. The van der Waals surface area contributed by atoms with E-state index in [4.69, 9.17) is 0 Å². The van der Waals surface area contributed by atoms with Gasteiger partial charge in [-0.2, -0.15) is 4.89 Å². The van der Waals surface area contributed by atoms with E-state index in [1.165, 1.54) is 0 Å². The Morgan fingerprint density at radius 3 is 3.25 bits per heavy atom. The third-order valence-corrected chi connectivity index (χ3v) is 0.767. The molecule has 8 heavy (non-hydrogen) atoms. The summed E-state index contributed by atoms with van der Waals surface area (Å²) < 4.78 is 0. The van der Waals surface area contributed by atoms with Crippen molar-refractivity contribution in [1.82, 2.24) is 0 Å². The van der Waals surface area contributed by atoms with E-state index < -0.39 is 0 Å². The SMILES string of the molecule is O=C1CC=CCOO1. The van der Waals surface area contributed by atoms with Gasteiger partial charge in [0.1, 0.15) is 6.61 Å². The van der Waals surface area contributed by atoms with Crippen LogP contribution in [0.15, 0.2) is 12.2 Å². The average molecular weight is 114 g/mol. The topological polar surface area (TPSA) is 35.5 Å². The second-order valence-electron chi connectivity index (χ2n) is 1.42.